The predicted molar refractivity (Wildman–Crippen MR) is 141 cm³/mol. The molecule has 0 bridgehead atoms. The number of nitrogens with zero attached hydrogens (tertiary/aromatic N) is 3. The van der Waals surface area contributed by atoms with Crippen molar-refractivity contribution in [3.8, 4) is 10.6 Å². The highest BCUT2D eigenvalue weighted by molar-refractivity contribution is 7.21. The van der Waals surface area contributed by atoms with Gasteiger partial charge >= 0.3 is 0 Å². The molecule has 35 heavy (non-hydrogen) atoms. The molecule has 1 saturated heterocycles. The fourth-order valence-corrected chi connectivity index (χ4v) is 6.16. The first-order chi connectivity index (χ1) is 16.6. The molecule has 0 saturated carbocycles. The predicted octanol–water partition coefficient (Wildman–Crippen LogP) is 5.91. The van der Waals surface area contributed by atoms with Crippen LogP contribution in [0.4, 0.5) is 5.69 Å². The molecule has 3 heterocycles. The van der Waals surface area contributed by atoms with Crippen molar-refractivity contribution in [3.63, 3.8) is 0 Å². The summed E-state index contributed by atoms with van der Waals surface area (Å²) < 4.78 is 1.12. The van der Waals surface area contributed by atoms with Crippen molar-refractivity contribution >= 4 is 56.3 Å². The first kappa shape index (κ1) is 23.4. The van der Waals surface area contributed by atoms with E-state index in [0.717, 1.165) is 20.8 Å². The summed E-state index contributed by atoms with van der Waals surface area (Å²) in [6, 6.07) is 16.2. The average Bonchev–Trinajstić information content (AvgIpc) is 3.53. The lowest BCUT2D eigenvalue weighted by Crippen LogP contribution is -2.54. The molecule has 1 aliphatic rings. The molecule has 0 spiro atoms. The van der Waals surface area contributed by atoms with E-state index < -0.39 is 11.6 Å². The number of aromatic nitrogens is 1. The third-order valence-corrected chi connectivity index (χ3v) is 7.95. The second-order valence-corrected chi connectivity index (χ2v) is 11.6. The Morgan fingerprint density at radius 1 is 1.09 bits per heavy atom. The summed E-state index contributed by atoms with van der Waals surface area (Å²) in [5, 5.41) is 2.71. The number of benzene rings is 2. The van der Waals surface area contributed by atoms with Crippen molar-refractivity contribution in [2.24, 2.45) is 0 Å². The number of carbonyl (C=O) groups is 3. The number of carbonyl (C=O) groups excluding carboxylic acids is 3. The molecular weight excluding hydrogens is 478 g/mol. The summed E-state index contributed by atoms with van der Waals surface area (Å²) in [5.74, 6) is -0.920. The summed E-state index contributed by atoms with van der Waals surface area (Å²) >= 11 is 2.94. The van der Waals surface area contributed by atoms with Gasteiger partial charge in [0.1, 0.15) is 11.0 Å². The van der Waals surface area contributed by atoms with Crippen molar-refractivity contribution < 1.29 is 14.4 Å². The lowest BCUT2D eigenvalue weighted by atomic mass is 10.0. The molecule has 5 rings (SSSR count). The first-order valence-corrected chi connectivity index (χ1v) is 13.0. The smallest absolute Gasteiger partial charge is 0.265 e. The van der Waals surface area contributed by atoms with Gasteiger partial charge in [0.05, 0.1) is 27.2 Å². The van der Waals surface area contributed by atoms with Crippen LogP contribution in [0.5, 0.6) is 0 Å². The van der Waals surface area contributed by atoms with Crippen LogP contribution in [0.15, 0.2) is 60.0 Å². The molecule has 0 N–H and O–H groups in total. The molecule has 2 aromatic carbocycles. The highest BCUT2D eigenvalue weighted by Crippen LogP contribution is 2.34. The van der Waals surface area contributed by atoms with Gasteiger partial charge in [0, 0.05) is 11.1 Å². The number of rotatable bonds is 4. The Hall–Kier alpha value is -3.36. The highest BCUT2D eigenvalue weighted by Gasteiger charge is 2.47. The van der Waals surface area contributed by atoms with Gasteiger partial charge < -0.3 is 4.90 Å². The Morgan fingerprint density at radius 2 is 1.83 bits per heavy atom. The number of hydrogen-bond donors (Lipinski definition) is 0. The van der Waals surface area contributed by atoms with Crippen LogP contribution in [0, 0.1) is 6.92 Å². The third-order valence-electron chi connectivity index (χ3n) is 6.02. The zero-order valence-corrected chi connectivity index (χ0v) is 21.6. The molecule has 0 radical (unpaired) electrons. The third kappa shape index (κ3) is 4.28. The Balaban J connectivity index is 1.42. The van der Waals surface area contributed by atoms with Gasteiger partial charge in [0.2, 0.25) is 5.91 Å². The summed E-state index contributed by atoms with van der Waals surface area (Å²) in [5.41, 5.74) is 2.93. The number of thiazole rings is 1. The molecule has 1 aliphatic heterocycles. The monoisotopic (exact) mass is 503 g/mol. The number of thiophene rings is 1. The van der Waals surface area contributed by atoms with E-state index in [-0.39, 0.29) is 24.1 Å². The molecular formula is C27H25N3O3S2. The lowest BCUT2D eigenvalue weighted by molar-refractivity contribution is -0.123. The fraction of sp³-hybridized carbons (Fsp3) is 0.259. The van der Waals surface area contributed by atoms with Gasteiger partial charge in [-0.15, -0.1) is 22.7 Å². The minimum atomic E-state index is -0.843. The second-order valence-electron chi connectivity index (χ2n) is 9.65. The van der Waals surface area contributed by atoms with Crippen molar-refractivity contribution in [1.82, 2.24) is 9.88 Å². The van der Waals surface area contributed by atoms with E-state index in [0.29, 0.717) is 10.6 Å². The van der Waals surface area contributed by atoms with Crippen LogP contribution in [0.1, 0.15) is 42.4 Å². The van der Waals surface area contributed by atoms with Gasteiger partial charge in [0.15, 0.2) is 0 Å². The molecule has 8 heteroatoms. The molecule has 6 nitrogen and oxygen atoms in total. The van der Waals surface area contributed by atoms with Crippen molar-refractivity contribution in [3.05, 3.63) is 70.4 Å². The Kier molecular flexibility index (Phi) is 5.81. The van der Waals surface area contributed by atoms with Gasteiger partial charge in [0.25, 0.3) is 11.8 Å². The van der Waals surface area contributed by atoms with E-state index in [4.69, 9.17) is 4.98 Å². The molecule has 1 fully saturated rings. The lowest BCUT2D eigenvalue weighted by Gasteiger charge is -2.38. The largest absolute Gasteiger partial charge is 0.321 e. The second kappa shape index (κ2) is 8.70. The van der Waals surface area contributed by atoms with Crippen LogP contribution in [0.25, 0.3) is 20.8 Å². The Morgan fingerprint density at radius 3 is 2.49 bits per heavy atom. The van der Waals surface area contributed by atoms with E-state index >= 15 is 0 Å². The minimum Gasteiger partial charge on any atom is -0.321 e. The van der Waals surface area contributed by atoms with Gasteiger partial charge in [-0.25, -0.2) is 9.88 Å². The number of imide groups is 1. The number of fused-ring (bicyclic) bond motifs is 1. The average molecular weight is 504 g/mol. The molecule has 2 aromatic heterocycles. The zero-order valence-electron chi connectivity index (χ0n) is 19.9. The first-order valence-electron chi connectivity index (χ1n) is 11.3. The fourth-order valence-electron chi connectivity index (χ4n) is 4.43. The summed E-state index contributed by atoms with van der Waals surface area (Å²) in [6.45, 7) is 7.70. The van der Waals surface area contributed by atoms with Crippen molar-refractivity contribution in [2.45, 2.75) is 45.7 Å². The molecule has 178 valence electrons. The minimum absolute atomic E-state index is 0.0355. The van der Waals surface area contributed by atoms with Crippen LogP contribution in [0.2, 0.25) is 0 Å². The van der Waals surface area contributed by atoms with Gasteiger partial charge in [-0.2, -0.15) is 0 Å². The number of hydrogen-bond acceptors (Lipinski definition) is 6. The standard InChI is InChI=1S/C27H25N3O3S2/c1-16-7-12-19-22(14-16)35-24(28-19)17-8-10-18(11-9-17)29-23(31)15-20(25(29)32)30(27(2,3)4)26(33)21-6-5-13-34-21/h5-14,20H,15H2,1-4H3. The van der Waals surface area contributed by atoms with E-state index in [1.807, 2.05) is 50.4 Å². The van der Waals surface area contributed by atoms with Gasteiger partial charge in [-0.3, -0.25) is 14.4 Å². The van der Waals surface area contributed by atoms with Gasteiger partial charge in [-0.05, 0) is 81.1 Å². The number of aryl methyl sites for hydroxylation is 1. The zero-order chi connectivity index (χ0) is 24.9. The maximum Gasteiger partial charge on any atom is 0.265 e. The van der Waals surface area contributed by atoms with Gasteiger partial charge in [-0.1, -0.05) is 12.1 Å². The Bertz CT molecular complexity index is 1430. The summed E-state index contributed by atoms with van der Waals surface area (Å²) in [7, 11) is 0. The van der Waals surface area contributed by atoms with Crippen molar-refractivity contribution in [2.75, 3.05) is 4.90 Å². The van der Waals surface area contributed by atoms with Crippen LogP contribution in [-0.4, -0.2) is 39.2 Å². The van der Waals surface area contributed by atoms with Crippen LogP contribution in [-0.2, 0) is 9.59 Å². The molecule has 1 atom stereocenters. The van der Waals surface area contributed by atoms with E-state index in [1.54, 1.807) is 40.5 Å². The molecule has 4 aromatic rings. The number of amides is 3. The summed E-state index contributed by atoms with van der Waals surface area (Å²) in [6.07, 6.45) is -0.0355. The Labute approximate surface area is 211 Å². The normalized spacial score (nSPS) is 16.3. The van der Waals surface area contributed by atoms with E-state index in [2.05, 4.69) is 13.0 Å². The highest BCUT2D eigenvalue weighted by atomic mass is 32.1. The van der Waals surface area contributed by atoms with E-state index in [9.17, 15) is 14.4 Å². The summed E-state index contributed by atoms with van der Waals surface area (Å²) in [4.78, 5) is 47.8. The topological polar surface area (TPSA) is 70.6 Å². The van der Waals surface area contributed by atoms with Crippen LogP contribution < -0.4 is 4.90 Å². The maximum atomic E-state index is 13.5. The maximum absolute atomic E-state index is 13.5. The number of anilines is 1. The molecule has 1 unspecified atom stereocenters. The van der Waals surface area contributed by atoms with Crippen molar-refractivity contribution in [1.29, 1.82) is 0 Å². The van der Waals surface area contributed by atoms with Crippen LogP contribution in [0.3, 0.4) is 0 Å². The molecule has 3 amide bonds. The van der Waals surface area contributed by atoms with Crippen LogP contribution >= 0.6 is 22.7 Å². The quantitative estimate of drug-likeness (QED) is 0.325. The van der Waals surface area contributed by atoms with E-state index in [1.165, 1.54) is 21.8 Å². The SMILES string of the molecule is Cc1ccc2nc(-c3ccc(N4C(=O)CC(N(C(=O)c5cccs5)C(C)(C)C)C4=O)cc3)sc2c1. The molecule has 0 aliphatic carbocycles.